The average molecular weight is 282 g/mol. The van der Waals surface area contributed by atoms with Crippen molar-refractivity contribution in [3.05, 3.63) is 71.8 Å². The van der Waals surface area contributed by atoms with Crippen molar-refractivity contribution in [2.24, 2.45) is 0 Å². The first-order chi connectivity index (χ1) is 10.9. The van der Waals surface area contributed by atoms with Crippen LogP contribution in [0.3, 0.4) is 0 Å². The van der Waals surface area contributed by atoms with Gasteiger partial charge in [-0.3, -0.25) is 0 Å². The van der Waals surface area contributed by atoms with Crippen molar-refractivity contribution < 1.29 is 0 Å². The summed E-state index contributed by atoms with van der Waals surface area (Å²) in [6.07, 6.45) is 5.17. The largest absolute Gasteiger partial charge is 0.0616 e. The fourth-order valence-electron chi connectivity index (χ4n) is 4.08. The van der Waals surface area contributed by atoms with Crippen LogP contribution < -0.4 is 0 Å². The molecule has 0 N–H and O–H groups in total. The van der Waals surface area contributed by atoms with Crippen molar-refractivity contribution in [1.29, 1.82) is 0 Å². The highest BCUT2D eigenvalue weighted by Crippen LogP contribution is 2.34. The van der Waals surface area contributed by atoms with Crippen LogP contribution in [0.4, 0.5) is 0 Å². The molecule has 0 fully saturated rings. The molecule has 0 radical (unpaired) electrons. The van der Waals surface area contributed by atoms with Gasteiger partial charge in [-0.1, -0.05) is 48.5 Å². The topological polar surface area (TPSA) is 0 Å². The van der Waals surface area contributed by atoms with E-state index in [0.717, 1.165) is 0 Å². The van der Waals surface area contributed by atoms with Crippen LogP contribution in [0.5, 0.6) is 0 Å². The summed E-state index contributed by atoms with van der Waals surface area (Å²) in [4.78, 5) is 0. The fourth-order valence-corrected chi connectivity index (χ4v) is 4.08. The molecule has 106 valence electrons. The van der Waals surface area contributed by atoms with Crippen molar-refractivity contribution in [2.45, 2.75) is 25.7 Å². The number of rotatable bonds is 0. The molecule has 0 heterocycles. The Labute approximate surface area is 130 Å². The van der Waals surface area contributed by atoms with Crippen LogP contribution in [0.1, 0.15) is 24.0 Å². The zero-order valence-electron chi connectivity index (χ0n) is 12.6. The minimum Gasteiger partial charge on any atom is -0.0616 e. The predicted molar refractivity (Wildman–Crippen MR) is 95.6 cm³/mol. The number of fused-ring (bicyclic) bond motifs is 6. The van der Waals surface area contributed by atoms with Crippen molar-refractivity contribution in [3.8, 4) is 0 Å². The summed E-state index contributed by atoms with van der Waals surface area (Å²) in [5.41, 5.74) is 3.16. The monoisotopic (exact) mass is 282 g/mol. The number of aryl methyl sites for hydroxylation is 2. The molecule has 4 aromatic rings. The smallest absolute Gasteiger partial charge is 0.00989 e. The Morgan fingerprint density at radius 1 is 0.545 bits per heavy atom. The lowest BCUT2D eigenvalue weighted by molar-refractivity contribution is 0.690. The van der Waals surface area contributed by atoms with Crippen LogP contribution in [0.2, 0.25) is 0 Å². The van der Waals surface area contributed by atoms with Gasteiger partial charge in [-0.25, -0.2) is 0 Å². The van der Waals surface area contributed by atoms with Crippen LogP contribution in [0.25, 0.3) is 32.3 Å². The molecule has 22 heavy (non-hydrogen) atoms. The van der Waals surface area contributed by atoms with E-state index in [9.17, 15) is 0 Å². The van der Waals surface area contributed by atoms with E-state index in [4.69, 9.17) is 0 Å². The van der Waals surface area contributed by atoms with Gasteiger partial charge in [0.25, 0.3) is 0 Å². The third-order valence-electron chi connectivity index (χ3n) is 5.21. The van der Waals surface area contributed by atoms with Gasteiger partial charge in [0.05, 0.1) is 0 Å². The van der Waals surface area contributed by atoms with Gasteiger partial charge in [0, 0.05) is 0 Å². The molecule has 4 aromatic carbocycles. The molecule has 0 atom stereocenters. The molecule has 0 amide bonds. The van der Waals surface area contributed by atoms with Gasteiger partial charge in [-0.15, -0.1) is 0 Å². The van der Waals surface area contributed by atoms with Crippen molar-refractivity contribution >= 4 is 32.3 Å². The lowest BCUT2D eigenvalue weighted by Gasteiger charge is -2.19. The number of hydrogen-bond donors (Lipinski definition) is 0. The lowest BCUT2D eigenvalue weighted by Crippen LogP contribution is -2.03. The summed E-state index contributed by atoms with van der Waals surface area (Å²) in [7, 11) is 0. The first-order valence-electron chi connectivity index (χ1n) is 8.26. The standard InChI is InChI=1S/C22H18/c1-2-7-17-14-22-18(13-16(17)6-1)10-12-20-19-8-4-3-5-15(19)9-11-21(20)22/h1-2,6-7,9-14H,3-5,8H2. The second kappa shape index (κ2) is 4.58. The Morgan fingerprint density at radius 2 is 1.32 bits per heavy atom. The van der Waals surface area contributed by atoms with Crippen molar-refractivity contribution in [2.75, 3.05) is 0 Å². The number of hydrogen-bond acceptors (Lipinski definition) is 0. The minimum atomic E-state index is 1.24. The normalized spacial score (nSPS) is 14.5. The van der Waals surface area contributed by atoms with Crippen LogP contribution in [-0.2, 0) is 12.8 Å². The molecule has 0 aliphatic heterocycles. The molecule has 0 aromatic heterocycles. The van der Waals surface area contributed by atoms with E-state index in [1.54, 1.807) is 11.1 Å². The van der Waals surface area contributed by atoms with Crippen LogP contribution in [-0.4, -0.2) is 0 Å². The summed E-state index contributed by atoms with van der Waals surface area (Å²) in [5, 5.41) is 8.29. The van der Waals surface area contributed by atoms with Gasteiger partial charge in [0.15, 0.2) is 0 Å². The quantitative estimate of drug-likeness (QED) is 0.273. The Morgan fingerprint density at radius 3 is 2.23 bits per heavy atom. The molecular weight excluding hydrogens is 264 g/mol. The first-order valence-corrected chi connectivity index (χ1v) is 8.26. The minimum absolute atomic E-state index is 1.24. The highest BCUT2D eigenvalue weighted by molar-refractivity contribution is 6.13. The van der Waals surface area contributed by atoms with Crippen LogP contribution >= 0.6 is 0 Å². The zero-order valence-corrected chi connectivity index (χ0v) is 12.6. The molecule has 1 aliphatic rings. The summed E-state index contributed by atoms with van der Waals surface area (Å²) >= 11 is 0. The molecule has 0 nitrogen and oxygen atoms in total. The Bertz CT molecular complexity index is 1020. The molecule has 0 unspecified atom stereocenters. The maximum atomic E-state index is 2.37. The van der Waals surface area contributed by atoms with E-state index in [-0.39, 0.29) is 0 Å². The van der Waals surface area contributed by atoms with Crippen LogP contribution in [0.15, 0.2) is 60.7 Å². The van der Waals surface area contributed by atoms with E-state index in [2.05, 4.69) is 60.7 Å². The zero-order chi connectivity index (χ0) is 14.5. The van der Waals surface area contributed by atoms with E-state index in [1.807, 2.05) is 0 Å². The lowest BCUT2D eigenvalue weighted by atomic mass is 9.86. The number of benzene rings is 4. The summed E-state index contributed by atoms with van der Waals surface area (Å²) in [5.74, 6) is 0. The van der Waals surface area contributed by atoms with Gasteiger partial charge < -0.3 is 0 Å². The molecule has 0 saturated carbocycles. The highest BCUT2D eigenvalue weighted by Gasteiger charge is 2.13. The van der Waals surface area contributed by atoms with Gasteiger partial charge in [0.1, 0.15) is 0 Å². The average Bonchev–Trinajstić information content (AvgIpc) is 2.59. The molecule has 0 bridgehead atoms. The summed E-state index contributed by atoms with van der Waals surface area (Å²) < 4.78 is 0. The van der Waals surface area contributed by atoms with Gasteiger partial charge in [0.2, 0.25) is 0 Å². The van der Waals surface area contributed by atoms with Gasteiger partial charge in [-0.05, 0) is 81.3 Å². The summed E-state index contributed by atoms with van der Waals surface area (Å²) in [6, 6.07) is 22.7. The van der Waals surface area contributed by atoms with E-state index < -0.39 is 0 Å². The molecule has 0 spiro atoms. The predicted octanol–water partition coefficient (Wildman–Crippen LogP) is 6.03. The van der Waals surface area contributed by atoms with Gasteiger partial charge in [-0.2, -0.15) is 0 Å². The van der Waals surface area contributed by atoms with Gasteiger partial charge >= 0.3 is 0 Å². The van der Waals surface area contributed by atoms with Crippen molar-refractivity contribution in [1.82, 2.24) is 0 Å². The summed E-state index contributed by atoms with van der Waals surface area (Å²) in [6.45, 7) is 0. The molecular formula is C22H18. The molecule has 0 saturated heterocycles. The van der Waals surface area contributed by atoms with E-state index >= 15 is 0 Å². The van der Waals surface area contributed by atoms with E-state index in [1.165, 1.54) is 58.0 Å². The Balaban J connectivity index is 1.93. The Hall–Kier alpha value is -2.34. The highest BCUT2D eigenvalue weighted by atomic mass is 14.2. The van der Waals surface area contributed by atoms with Crippen LogP contribution in [0, 0.1) is 0 Å². The SMILES string of the molecule is c1ccc2cc3c(ccc4c5c(ccc43)CCCC5)cc2c1. The maximum absolute atomic E-state index is 2.37. The molecule has 1 aliphatic carbocycles. The molecule has 5 rings (SSSR count). The third-order valence-corrected chi connectivity index (χ3v) is 5.21. The second-order valence-corrected chi connectivity index (χ2v) is 6.49. The third kappa shape index (κ3) is 1.70. The van der Waals surface area contributed by atoms with Crippen molar-refractivity contribution in [3.63, 3.8) is 0 Å². The fraction of sp³-hybridized carbons (Fsp3) is 0.182. The molecule has 0 heteroatoms. The first kappa shape index (κ1) is 12.2. The second-order valence-electron chi connectivity index (χ2n) is 6.49. The Kier molecular flexibility index (Phi) is 2.54. The maximum Gasteiger partial charge on any atom is -0.00989 e. The van der Waals surface area contributed by atoms with E-state index in [0.29, 0.717) is 0 Å².